The summed E-state index contributed by atoms with van der Waals surface area (Å²) in [5.74, 6) is 2.01. The van der Waals surface area contributed by atoms with Crippen LogP contribution in [-0.2, 0) is 11.3 Å². The Bertz CT molecular complexity index is 1160. The number of benzene rings is 1. The smallest absolute Gasteiger partial charge is 0.266 e. The molecular formula is C27H30N4O3. The van der Waals surface area contributed by atoms with E-state index in [0.717, 1.165) is 25.7 Å². The largest absolute Gasteiger partial charge is 0.459 e. The van der Waals surface area contributed by atoms with E-state index in [1.165, 1.54) is 11.1 Å². The van der Waals surface area contributed by atoms with Gasteiger partial charge in [-0.1, -0.05) is 38.1 Å². The number of amides is 1. The quantitative estimate of drug-likeness (QED) is 0.475. The minimum atomic E-state index is -0.00946. The summed E-state index contributed by atoms with van der Waals surface area (Å²) in [6.45, 7) is 6.36. The van der Waals surface area contributed by atoms with E-state index < -0.39 is 0 Å². The first-order chi connectivity index (χ1) is 16.5. The molecule has 3 aromatic rings. The van der Waals surface area contributed by atoms with Crippen LogP contribution in [-0.4, -0.2) is 34.9 Å². The van der Waals surface area contributed by atoms with Crippen LogP contribution in [0.15, 0.2) is 51.5 Å². The molecule has 3 heterocycles. The number of hydrogen-bond donors (Lipinski definition) is 0. The van der Waals surface area contributed by atoms with Crippen molar-refractivity contribution >= 4 is 11.8 Å². The van der Waals surface area contributed by atoms with Gasteiger partial charge in [-0.3, -0.25) is 4.79 Å². The number of carbonyl (C=O) groups is 1. The van der Waals surface area contributed by atoms with E-state index in [-0.39, 0.29) is 17.5 Å². The van der Waals surface area contributed by atoms with Gasteiger partial charge in [0, 0.05) is 31.6 Å². The van der Waals surface area contributed by atoms with Crippen molar-refractivity contribution in [1.29, 1.82) is 5.26 Å². The van der Waals surface area contributed by atoms with Crippen LogP contribution in [0.1, 0.15) is 62.3 Å². The Labute approximate surface area is 200 Å². The Morgan fingerprint density at radius 2 is 1.91 bits per heavy atom. The first-order valence-corrected chi connectivity index (χ1v) is 12.1. The monoisotopic (exact) mass is 458 g/mol. The number of furan rings is 1. The van der Waals surface area contributed by atoms with E-state index in [1.54, 1.807) is 18.4 Å². The van der Waals surface area contributed by atoms with Crippen molar-refractivity contribution in [2.75, 3.05) is 18.0 Å². The third kappa shape index (κ3) is 4.58. The van der Waals surface area contributed by atoms with Crippen LogP contribution < -0.4 is 4.90 Å². The highest BCUT2D eigenvalue weighted by Gasteiger charge is 2.37. The first-order valence-electron chi connectivity index (χ1n) is 12.1. The average Bonchev–Trinajstić information content (AvgIpc) is 3.37. The first kappa shape index (κ1) is 22.3. The molecule has 0 N–H and O–H groups in total. The van der Waals surface area contributed by atoms with Crippen LogP contribution in [0.4, 0.5) is 5.88 Å². The normalized spacial score (nSPS) is 16.6. The molecule has 1 aliphatic carbocycles. The van der Waals surface area contributed by atoms with Crippen molar-refractivity contribution in [2.24, 2.45) is 5.92 Å². The van der Waals surface area contributed by atoms with E-state index >= 15 is 0 Å². The molecule has 1 aromatic carbocycles. The van der Waals surface area contributed by atoms with Crippen molar-refractivity contribution in [1.82, 2.24) is 9.88 Å². The number of anilines is 1. The molecule has 1 aliphatic heterocycles. The molecule has 1 saturated carbocycles. The summed E-state index contributed by atoms with van der Waals surface area (Å²) in [6.07, 6.45) is 5.19. The van der Waals surface area contributed by atoms with Crippen LogP contribution in [0, 0.1) is 17.2 Å². The van der Waals surface area contributed by atoms with Crippen LogP contribution in [0.2, 0.25) is 0 Å². The van der Waals surface area contributed by atoms with Gasteiger partial charge >= 0.3 is 0 Å². The van der Waals surface area contributed by atoms with Gasteiger partial charge in [-0.2, -0.15) is 10.2 Å². The van der Waals surface area contributed by atoms with Crippen molar-refractivity contribution < 1.29 is 13.6 Å². The van der Waals surface area contributed by atoms with E-state index in [9.17, 15) is 10.1 Å². The minimum Gasteiger partial charge on any atom is -0.459 e. The molecule has 0 unspecified atom stereocenters. The number of piperidine rings is 1. The van der Waals surface area contributed by atoms with Gasteiger partial charge in [0.15, 0.2) is 5.76 Å². The SMILES string of the molecule is CC(C)c1ccc(CN(C(=O)C2CCN(c3oc(-c4ccco4)nc3C#N)CC2)C2CC2)cc1. The molecule has 34 heavy (non-hydrogen) atoms. The molecule has 5 rings (SSSR count). The lowest BCUT2D eigenvalue weighted by atomic mass is 9.94. The molecule has 2 fully saturated rings. The average molecular weight is 459 g/mol. The number of aromatic nitrogens is 1. The number of rotatable bonds is 7. The lowest BCUT2D eigenvalue weighted by Gasteiger charge is -2.34. The molecule has 0 atom stereocenters. The van der Waals surface area contributed by atoms with Crippen LogP contribution in [0.25, 0.3) is 11.7 Å². The second-order valence-corrected chi connectivity index (χ2v) is 9.62. The van der Waals surface area contributed by atoms with Gasteiger partial charge in [-0.15, -0.1) is 0 Å². The zero-order valence-corrected chi connectivity index (χ0v) is 19.7. The summed E-state index contributed by atoms with van der Waals surface area (Å²) in [6, 6.07) is 14.7. The van der Waals surface area contributed by atoms with Crippen LogP contribution in [0.3, 0.4) is 0 Å². The Balaban J connectivity index is 1.24. The third-order valence-electron chi connectivity index (χ3n) is 6.85. The van der Waals surface area contributed by atoms with E-state index in [2.05, 4.69) is 54.1 Å². The highest BCUT2D eigenvalue weighted by atomic mass is 16.4. The molecular weight excluding hydrogens is 428 g/mol. The van der Waals surface area contributed by atoms with Crippen molar-refractivity contribution in [3.8, 4) is 17.7 Å². The fourth-order valence-corrected chi connectivity index (χ4v) is 4.65. The summed E-state index contributed by atoms with van der Waals surface area (Å²) in [5, 5.41) is 9.54. The topological polar surface area (TPSA) is 86.5 Å². The zero-order valence-electron chi connectivity index (χ0n) is 19.7. The Morgan fingerprint density at radius 3 is 2.50 bits per heavy atom. The molecule has 0 radical (unpaired) electrons. The van der Waals surface area contributed by atoms with E-state index in [1.807, 2.05) is 4.90 Å². The molecule has 7 heteroatoms. The standard InChI is InChI=1S/C27H30N4O3/c1-18(2)20-7-5-19(6-8-20)17-31(22-9-10-22)26(32)21-11-13-30(14-12-21)27-23(16-28)29-25(34-27)24-4-3-15-33-24/h3-8,15,18,21-22H,9-14,17H2,1-2H3. The highest BCUT2D eigenvalue weighted by molar-refractivity contribution is 5.80. The van der Waals surface area contributed by atoms with Gasteiger partial charge in [-0.05, 0) is 54.9 Å². The summed E-state index contributed by atoms with van der Waals surface area (Å²) in [7, 11) is 0. The lowest BCUT2D eigenvalue weighted by molar-refractivity contribution is -0.137. The second-order valence-electron chi connectivity index (χ2n) is 9.62. The molecule has 2 aliphatic rings. The van der Waals surface area contributed by atoms with Crippen molar-refractivity contribution in [2.45, 2.75) is 58.0 Å². The minimum absolute atomic E-state index is 0.00946. The summed E-state index contributed by atoms with van der Waals surface area (Å²) in [5.41, 5.74) is 2.76. The van der Waals surface area contributed by atoms with Gasteiger partial charge in [0.1, 0.15) is 6.07 Å². The third-order valence-corrected chi connectivity index (χ3v) is 6.85. The molecule has 1 saturated heterocycles. The maximum absolute atomic E-state index is 13.5. The highest BCUT2D eigenvalue weighted by Crippen LogP contribution is 2.34. The predicted molar refractivity (Wildman–Crippen MR) is 128 cm³/mol. The number of nitrogens with zero attached hydrogens (tertiary/aromatic N) is 4. The molecule has 7 nitrogen and oxygen atoms in total. The van der Waals surface area contributed by atoms with Crippen molar-refractivity contribution in [3.05, 3.63) is 59.5 Å². The number of hydrogen-bond acceptors (Lipinski definition) is 6. The molecule has 0 bridgehead atoms. The number of carbonyl (C=O) groups excluding carboxylic acids is 1. The Kier molecular flexibility index (Phi) is 6.14. The van der Waals surface area contributed by atoms with Crippen molar-refractivity contribution in [3.63, 3.8) is 0 Å². The number of nitriles is 1. The lowest BCUT2D eigenvalue weighted by Crippen LogP contribution is -2.43. The molecule has 176 valence electrons. The maximum Gasteiger partial charge on any atom is 0.266 e. The second kappa shape index (κ2) is 9.38. The van der Waals surface area contributed by atoms with Crippen LogP contribution >= 0.6 is 0 Å². The Morgan fingerprint density at radius 1 is 1.18 bits per heavy atom. The van der Waals surface area contributed by atoms with E-state index in [0.29, 0.717) is 49.1 Å². The molecule has 0 spiro atoms. The van der Waals surface area contributed by atoms with E-state index in [4.69, 9.17) is 8.83 Å². The van der Waals surface area contributed by atoms with Gasteiger partial charge in [0.2, 0.25) is 17.5 Å². The zero-order chi connectivity index (χ0) is 23.7. The summed E-state index contributed by atoms with van der Waals surface area (Å²) < 4.78 is 11.2. The number of oxazole rings is 1. The van der Waals surface area contributed by atoms with Crippen LogP contribution in [0.5, 0.6) is 0 Å². The summed E-state index contributed by atoms with van der Waals surface area (Å²) >= 11 is 0. The molecule has 1 amide bonds. The predicted octanol–water partition coefficient (Wildman–Crippen LogP) is 5.34. The van der Waals surface area contributed by atoms with Gasteiger partial charge in [0.25, 0.3) is 5.89 Å². The summed E-state index contributed by atoms with van der Waals surface area (Å²) in [4.78, 5) is 21.9. The Hall–Kier alpha value is -3.53. The van der Waals surface area contributed by atoms with Gasteiger partial charge in [0.05, 0.1) is 6.26 Å². The molecule has 2 aromatic heterocycles. The fourth-order valence-electron chi connectivity index (χ4n) is 4.65. The fraction of sp³-hybridized carbons (Fsp3) is 0.444. The van der Waals surface area contributed by atoms with Gasteiger partial charge in [-0.25, -0.2) is 0 Å². The van der Waals surface area contributed by atoms with Gasteiger partial charge < -0.3 is 18.6 Å². The maximum atomic E-state index is 13.5.